The zero-order valence-corrected chi connectivity index (χ0v) is 20.9. The van der Waals surface area contributed by atoms with Gasteiger partial charge >= 0.3 is 0 Å². The Morgan fingerprint density at radius 2 is 1.45 bits per heavy atom. The molecule has 0 heterocycles. The summed E-state index contributed by atoms with van der Waals surface area (Å²) in [4.78, 5) is 0. The van der Waals surface area contributed by atoms with E-state index in [4.69, 9.17) is 14.3 Å². The van der Waals surface area contributed by atoms with Crippen molar-refractivity contribution in [2.45, 2.75) is 99.6 Å². The van der Waals surface area contributed by atoms with E-state index in [9.17, 15) is 0 Å². The first-order chi connectivity index (χ1) is 13.7. The van der Waals surface area contributed by atoms with Crippen LogP contribution in [0, 0.1) is 11.3 Å². The maximum atomic E-state index is 8.78. The van der Waals surface area contributed by atoms with Crippen LogP contribution in [0.3, 0.4) is 0 Å². The van der Waals surface area contributed by atoms with E-state index in [1.165, 1.54) is 16.7 Å². The Bertz CT molecular complexity index is 562. The van der Waals surface area contributed by atoms with Crippen LogP contribution in [0.5, 0.6) is 0 Å². The van der Waals surface area contributed by atoms with Crippen molar-refractivity contribution in [2.75, 3.05) is 13.2 Å². The minimum absolute atomic E-state index is 0.327. The van der Waals surface area contributed by atoms with Gasteiger partial charge in [-0.3, -0.25) is 0 Å². The van der Waals surface area contributed by atoms with Gasteiger partial charge in [-0.15, -0.1) is 0 Å². The number of nitriles is 1. The molecule has 0 saturated carbocycles. The molecule has 1 atom stereocenters. The smallest absolute Gasteiger partial charge is 0.259 e. The van der Waals surface area contributed by atoms with Gasteiger partial charge in [-0.05, 0) is 81.1 Å². The first-order valence-electron chi connectivity index (χ1n) is 10.8. The second-order valence-corrected chi connectivity index (χ2v) is 9.76. The zero-order valence-electron chi connectivity index (χ0n) is 20.0. The number of hydrogen-bond acceptors (Lipinski definition) is 4. The quantitative estimate of drug-likeness (QED) is 0.154. The molecule has 1 unspecified atom stereocenters. The largest absolute Gasteiger partial charge is 0.321 e. The number of allylic oxidation sites excluding steroid dienone is 5. The Morgan fingerprint density at radius 1 is 0.897 bits per heavy atom. The maximum Gasteiger partial charge on any atom is 0.259 e. The van der Waals surface area contributed by atoms with Crippen molar-refractivity contribution in [3.63, 3.8) is 0 Å². The molecule has 0 fully saturated rings. The van der Waals surface area contributed by atoms with Gasteiger partial charge in [0.05, 0.1) is 25.7 Å². The van der Waals surface area contributed by atoms with Gasteiger partial charge < -0.3 is 9.05 Å². The molecule has 0 aromatic carbocycles. The van der Waals surface area contributed by atoms with Crippen LogP contribution in [-0.4, -0.2) is 30.0 Å². The highest BCUT2D eigenvalue weighted by Crippen LogP contribution is 2.45. The van der Waals surface area contributed by atoms with E-state index in [1.807, 2.05) is 0 Å². The van der Waals surface area contributed by atoms with Gasteiger partial charge in [-0.2, -0.15) is 5.26 Å². The molecule has 0 aliphatic carbocycles. The average Bonchev–Trinajstić information content (AvgIpc) is 2.60. The van der Waals surface area contributed by atoms with Gasteiger partial charge in [0.2, 0.25) is 0 Å². The summed E-state index contributed by atoms with van der Waals surface area (Å²) in [7, 11) is -1.16. The van der Waals surface area contributed by atoms with Crippen molar-refractivity contribution in [2.24, 2.45) is 0 Å². The van der Waals surface area contributed by atoms with Crippen molar-refractivity contribution in [1.82, 2.24) is 4.67 Å². The predicted octanol–water partition coefficient (Wildman–Crippen LogP) is 7.70. The summed E-state index contributed by atoms with van der Waals surface area (Å²) < 4.78 is 14.3. The zero-order chi connectivity index (χ0) is 22.2. The molecule has 0 aromatic heterocycles. The lowest BCUT2D eigenvalue weighted by molar-refractivity contribution is 0.186. The molecule has 0 rings (SSSR count). The molecule has 0 aliphatic rings. The molecule has 0 saturated heterocycles. The lowest BCUT2D eigenvalue weighted by Gasteiger charge is -2.35. The molecular formula is C24H43N2O2P. The fourth-order valence-electron chi connectivity index (χ4n) is 2.90. The van der Waals surface area contributed by atoms with E-state index in [0.717, 1.165) is 25.7 Å². The predicted molar refractivity (Wildman–Crippen MR) is 127 cm³/mol. The summed E-state index contributed by atoms with van der Waals surface area (Å²) in [6.07, 6.45) is 11.6. The fraction of sp³-hybridized carbons (Fsp3) is 0.708. The third-order valence-corrected chi connectivity index (χ3v) is 6.48. The number of nitrogens with zero attached hydrogens (tertiary/aromatic N) is 2. The highest BCUT2D eigenvalue weighted by atomic mass is 31.2. The SMILES string of the molecule is CC(C)=CCC/C(C)=C/CC/C(C)=C/COP(OCCC#N)N(C(C)C)C(C)C. The molecule has 0 spiro atoms. The highest BCUT2D eigenvalue weighted by Gasteiger charge is 2.26. The molecule has 0 aromatic rings. The van der Waals surface area contributed by atoms with Gasteiger partial charge in [-0.1, -0.05) is 34.9 Å². The van der Waals surface area contributed by atoms with Crippen LogP contribution in [0.2, 0.25) is 0 Å². The van der Waals surface area contributed by atoms with Crippen LogP contribution >= 0.6 is 8.53 Å². The van der Waals surface area contributed by atoms with E-state index in [-0.39, 0.29) is 0 Å². The Kier molecular flexibility index (Phi) is 16.2. The second-order valence-electron chi connectivity index (χ2n) is 8.30. The summed E-state index contributed by atoms with van der Waals surface area (Å²) in [5.74, 6) is 0. The maximum absolute atomic E-state index is 8.78. The van der Waals surface area contributed by atoms with Gasteiger partial charge in [0.25, 0.3) is 8.53 Å². The second kappa shape index (κ2) is 16.8. The van der Waals surface area contributed by atoms with Gasteiger partial charge in [0.1, 0.15) is 0 Å². The molecule has 0 bridgehead atoms. The third kappa shape index (κ3) is 14.6. The van der Waals surface area contributed by atoms with Crippen LogP contribution in [-0.2, 0) is 9.05 Å². The van der Waals surface area contributed by atoms with E-state index in [0.29, 0.717) is 31.7 Å². The van der Waals surface area contributed by atoms with Gasteiger partial charge in [0, 0.05) is 12.1 Å². The summed E-state index contributed by atoms with van der Waals surface area (Å²) in [6.45, 7) is 18.3. The summed E-state index contributed by atoms with van der Waals surface area (Å²) in [5.41, 5.74) is 4.19. The monoisotopic (exact) mass is 422 g/mol. The first-order valence-corrected chi connectivity index (χ1v) is 12.0. The molecule has 166 valence electrons. The van der Waals surface area contributed by atoms with Crippen LogP contribution in [0.15, 0.2) is 34.9 Å². The molecule has 0 radical (unpaired) electrons. The van der Waals surface area contributed by atoms with E-state index < -0.39 is 8.53 Å². The highest BCUT2D eigenvalue weighted by molar-refractivity contribution is 7.44. The van der Waals surface area contributed by atoms with Crippen molar-refractivity contribution < 1.29 is 9.05 Å². The molecule has 0 aliphatic heterocycles. The molecule has 0 amide bonds. The van der Waals surface area contributed by atoms with E-state index in [2.05, 4.69) is 84.4 Å². The van der Waals surface area contributed by atoms with Gasteiger partial charge in [0.15, 0.2) is 0 Å². The standard InChI is InChI=1S/C24H43N2O2P/c1-20(2)12-9-13-23(7)14-10-15-24(8)16-19-28-29(27-18-11-17-25)26(21(3)4)22(5)6/h12,14,16,21-22H,9-11,13,15,18-19H2,1-8H3/b23-14+,24-16+. The van der Waals surface area contributed by atoms with Crippen molar-refractivity contribution in [1.29, 1.82) is 5.26 Å². The van der Waals surface area contributed by atoms with Crippen molar-refractivity contribution >= 4 is 8.53 Å². The first kappa shape index (κ1) is 28.0. The third-order valence-electron chi connectivity index (χ3n) is 4.40. The number of hydrogen-bond donors (Lipinski definition) is 0. The normalized spacial score (nSPS) is 13.9. The lowest BCUT2D eigenvalue weighted by atomic mass is 10.1. The number of rotatable bonds is 15. The topological polar surface area (TPSA) is 45.5 Å². The van der Waals surface area contributed by atoms with Crippen LogP contribution in [0.25, 0.3) is 0 Å². The summed E-state index contributed by atoms with van der Waals surface area (Å²) >= 11 is 0. The minimum atomic E-state index is -1.16. The molecule has 4 nitrogen and oxygen atoms in total. The molecule has 0 N–H and O–H groups in total. The van der Waals surface area contributed by atoms with Crippen LogP contribution in [0.1, 0.15) is 87.5 Å². The lowest BCUT2D eigenvalue weighted by Crippen LogP contribution is -2.33. The Labute approximate surface area is 181 Å². The van der Waals surface area contributed by atoms with E-state index in [1.54, 1.807) is 0 Å². The minimum Gasteiger partial charge on any atom is -0.321 e. The summed E-state index contributed by atoms with van der Waals surface area (Å²) in [5, 5.41) is 8.78. The Hall–Kier alpha value is -0.980. The molecule has 29 heavy (non-hydrogen) atoms. The van der Waals surface area contributed by atoms with Crippen LogP contribution < -0.4 is 0 Å². The summed E-state index contributed by atoms with van der Waals surface area (Å²) in [6, 6.07) is 2.79. The van der Waals surface area contributed by atoms with E-state index >= 15 is 0 Å². The van der Waals surface area contributed by atoms with Crippen molar-refractivity contribution in [3.8, 4) is 6.07 Å². The molecule has 5 heteroatoms. The van der Waals surface area contributed by atoms with Gasteiger partial charge in [-0.25, -0.2) is 4.67 Å². The fourth-order valence-corrected chi connectivity index (χ4v) is 4.44. The Balaban J connectivity index is 4.58. The average molecular weight is 423 g/mol. The Morgan fingerprint density at radius 3 is 1.97 bits per heavy atom. The molecular weight excluding hydrogens is 379 g/mol. The van der Waals surface area contributed by atoms with Crippen molar-refractivity contribution in [3.05, 3.63) is 34.9 Å². The van der Waals surface area contributed by atoms with Crippen LogP contribution in [0.4, 0.5) is 0 Å².